The number of halogens is 1. The predicted molar refractivity (Wildman–Crippen MR) is 124 cm³/mol. The van der Waals surface area contributed by atoms with Crippen molar-refractivity contribution in [3.8, 4) is 0 Å². The lowest BCUT2D eigenvalue weighted by Gasteiger charge is -2.19. The molecule has 0 bridgehead atoms. The van der Waals surface area contributed by atoms with Crippen molar-refractivity contribution in [1.82, 2.24) is 9.62 Å². The highest BCUT2D eigenvalue weighted by Gasteiger charge is 2.22. The maximum absolute atomic E-state index is 12.6. The van der Waals surface area contributed by atoms with Crippen molar-refractivity contribution in [2.75, 3.05) is 20.2 Å². The van der Waals surface area contributed by atoms with E-state index in [1.165, 1.54) is 11.4 Å². The summed E-state index contributed by atoms with van der Waals surface area (Å²) in [5.41, 5.74) is 1.47. The topological polar surface area (TPSA) is 92.8 Å². The Hall–Kier alpha value is -2.42. The van der Waals surface area contributed by atoms with Crippen LogP contribution in [0.4, 0.5) is 0 Å². The number of benzene rings is 2. The number of amides is 1. The SMILES string of the molecule is CCN(CC)S(=O)(=O)c1ccc(CCC(=O)NC(CC(=O)OC)c2ccccc2Cl)cc1. The molecule has 2 rings (SSSR count). The van der Waals surface area contributed by atoms with E-state index in [0.717, 1.165) is 5.56 Å². The van der Waals surface area contributed by atoms with Gasteiger partial charge in [-0.15, -0.1) is 0 Å². The highest BCUT2D eigenvalue weighted by molar-refractivity contribution is 7.89. The van der Waals surface area contributed by atoms with Gasteiger partial charge in [0.1, 0.15) is 0 Å². The number of nitrogens with one attached hydrogen (secondary N) is 1. The molecule has 0 saturated heterocycles. The Balaban J connectivity index is 2.04. The fraction of sp³-hybridized carbons (Fsp3) is 0.391. The van der Waals surface area contributed by atoms with Crippen molar-refractivity contribution in [1.29, 1.82) is 0 Å². The fourth-order valence-electron chi connectivity index (χ4n) is 3.31. The summed E-state index contributed by atoms with van der Waals surface area (Å²) in [6.45, 7) is 4.39. The summed E-state index contributed by atoms with van der Waals surface area (Å²) in [7, 11) is -2.23. The predicted octanol–water partition coefficient (Wildman–Crippen LogP) is 3.72. The van der Waals surface area contributed by atoms with Gasteiger partial charge < -0.3 is 10.1 Å². The molecule has 0 aromatic heterocycles. The molecule has 0 fully saturated rings. The van der Waals surface area contributed by atoms with E-state index in [2.05, 4.69) is 5.32 Å². The van der Waals surface area contributed by atoms with E-state index in [0.29, 0.717) is 30.1 Å². The number of hydrogen-bond acceptors (Lipinski definition) is 5. The number of carbonyl (C=O) groups excluding carboxylic acids is 2. The van der Waals surface area contributed by atoms with Crippen LogP contribution < -0.4 is 5.32 Å². The smallest absolute Gasteiger partial charge is 0.307 e. The molecule has 0 radical (unpaired) electrons. The quantitative estimate of drug-likeness (QED) is 0.495. The van der Waals surface area contributed by atoms with Crippen LogP contribution >= 0.6 is 11.6 Å². The van der Waals surface area contributed by atoms with Crippen LogP contribution in [0.15, 0.2) is 53.4 Å². The van der Waals surface area contributed by atoms with Gasteiger partial charge in [0.2, 0.25) is 15.9 Å². The average molecular weight is 481 g/mol. The third-order valence-corrected chi connectivity index (χ3v) is 7.53. The van der Waals surface area contributed by atoms with Gasteiger partial charge in [0.15, 0.2) is 0 Å². The van der Waals surface area contributed by atoms with E-state index in [-0.39, 0.29) is 23.6 Å². The molecule has 7 nitrogen and oxygen atoms in total. The molecule has 32 heavy (non-hydrogen) atoms. The first-order valence-electron chi connectivity index (χ1n) is 10.4. The van der Waals surface area contributed by atoms with Gasteiger partial charge in [-0.05, 0) is 35.7 Å². The van der Waals surface area contributed by atoms with Crippen molar-refractivity contribution in [2.45, 2.75) is 44.0 Å². The lowest BCUT2D eigenvalue weighted by molar-refractivity contribution is -0.141. The molecule has 0 aliphatic rings. The standard InChI is InChI=1S/C23H29ClN2O5S/c1-4-26(5-2)32(29,30)18-13-10-17(11-14-18)12-15-22(27)25-21(16-23(28)31-3)19-8-6-7-9-20(19)24/h6-11,13-14,21H,4-5,12,15-16H2,1-3H3,(H,25,27). The Labute approximate surface area is 194 Å². The van der Waals surface area contributed by atoms with Crippen LogP contribution in [-0.4, -0.2) is 44.8 Å². The lowest BCUT2D eigenvalue weighted by atomic mass is 10.0. The van der Waals surface area contributed by atoms with Crippen LogP contribution in [0.2, 0.25) is 5.02 Å². The summed E-state index contributed by atoms with van der Waals surface area (Å²) < 4.78 is 31.3. The molecule has 0 saturated carbocycles. The number of carbonyl (C=O) groups is 2. The van der Waals surface area contributed by atoms with Gasteiger partial charge >= 0.3 is 5.97 Å². The highest BCUT2D eigenvalue weighted by Crippen LogP contribution is 2.25. The van der Waals surface area contributed by atoms with Crippen LogP contribution in [0.3, 0.4) is 0 Å². The summed E-state index contributed by atoms with van der Waals surface area (Å²) in [4.78, 5) is 24.6. The monoisotopic (exact) mass is 480 g/mol. The van der Waals surface area contributed by atoms with E-state index in [1.807, 2.05) is 0 Å². The lowest BCUT2D eigenvalue weighted by Crippen LogP contribution is -2.31. The molecule has 2 aromatic carbocycles. The Bertz CT molecular complexity index is 1020. The number of sulfonamides is 1. The van der Waals surface area contributed by atoms with Gasteiger partial charge in [-0.2, -0.15) is 4.31 Å². The number of methoxy groups -OCH3 is 1. The maximum atomic E-state index is 12.6. The number of nitrogens with zero attached hydrogens (tertiary/aromatic N) is 1. The first kappa shape index (κ1) is 25.8. The molecule has 0 aliphatic heterocycles. The van der Waals surface area contributed by atoms with Crippen molar-refractivity contribution in [2.24, 2.45) is 0 Å². The molecule has 174 valence electrons. The molecule has 1 unspecified atom stereocenters. The van der Waals surface area contributed by atoms with Crippen molar-refractivity contribution >= 4 is 33.5 Å². The van der Waals surface area contributed by atoms with Gasteiger partial charge in [0.05, 0.1) is 24.5 Å². The molecule has 0 heterocycles. The van der Waals surface area contributed by atoms with E-state index in [1.54, 1.807) is 62.4 Å². The van der Waals surface area contributed by atoms with Crippen LogP contribution in [-0.2, 0) is 30.8 Å². The fourth-order valence-corrected chi connectivity index (χ4v) is 5.04. The van der Waals surface area contributed by atoms with Crippen LogP contribution in [0.5, 0.6) is 0 Å². The second-order valence-electron chi connectivity index (χ2n) is 7.16. The van der Waals surface area contributed by atoms with Gasteiger partial charge in [0, 0.05) is 24.5 Å². The molecule has 0 spiro atoms. The van der Waals surface area contributed by atoms with Gasteiger partial charge in [-0.1, -0.05) is 55.8 Å². The molecular weight excluding hydrogens is 452 g/mol. The minimum Gasteiger partial charge on any atom is -0.469 e. The Morgan fingerprint density at radius 3 is 2.25 bits per heavy atom. The molecule has 0 aliphatic carbocycles. The zero-order chi connectivity index (χ0) is 23.7. The second kappa shape index (κ2) is 12.0. The Kier molecular flexibility index (Phi) is 9.68. The van der Waals surface area contributed by atoms with Crippen molar-refractivity contribution < 1.29 is 22.7 Å². The third kappa shape index (κ3) is 6.79. The third-order valence-electron chi connectivity index (χ3n) is 5.12. The zero-order valence-electron chi connectivity index (χ0n) is 18.5. The van der Waals surface area contributed by atoms with E-state index in [4.69, 9.17) is 16.3 Å². The summed E-state index contributed by atoms with van der Waals surface area (Å²) in [5, 5.41) is 3.30. The molecular formula is C23H29ClN2O5S. The Morgan fingerprint density at radius 1 is 1.06 bits per heavy atom. The number of rotatable bonds is 11. The minimum absolute atomic E-state index is 0.0378. The molecule has 1 N–H and O–H groups in total. The summed E-state index contributed by atoms with van der Waals surface area (Å²) in [5.74, 6) is -0.709. The number of aryl methyl sites for hydroxylation is 1. The number of hydrogen-bond donors (Lipinski definition) is 1. The zero-order valence-corrected chi connectivity index (χ0v) is 20.1. The van der Waals surface area contributed by atoms with Gasteiger partial charge in [-0.3, -0.25) is 9.59 Å². The average Bonchev–Trinajstić information content (AvgIpc) is 2.78. The van der Waals surface area contributed by atoms with Crippen molar-refractivity contribution in [3.05, 3.63) is 64.7 Å². The van der Waals surface area contributed by atoms with E-state index >= 15 is 0 Å². The first-order chi connectivity index (χ1) is 15.2. The van der Waals surface area contributed by atoms with E-state index in [9.17, 15) is 18.0 Å². The van der Waals surface area contributed by atoms with E-state index < -0.39 is 22.0 Å². The molecule has 2 aromatic rings. The van der Waals surface area contributed by atoms with Crippen molar-refractivity contribution in [3.63, 3.8) is 0 Å². The Morgan fingerprint density at radius 2 is 1.69 bits per heavy atom. The molecule has 1 amide bonds. The van der Waals surface area contributed by atoms with Gasteiger partial charge in [-0.25, -0.2) is 8.42 Å². The van der Waals surface area contributed by atoms with Crippen LogP contribution in [0.1, 0.15) is 43.9 Å². The molecule has 9 heteroatoms. The normalized spacial score (nSPS) is 12.4. The minimum atomic E-state index is -3.52. The summed E-state index contributed by atoms with van der Waals surface area (Å²) in [6, 6.07) is 12.9. The summed E-state index contributed by atoms with van der Waals surface area (Å²) in [6.07, 6.45) is 0.555. The van der Waals surface area contributed by atoms with Crippen LogP contribution in [0, 0.1) is 0 Å². The highest BCUT2D eigenvalue weighted by atomic mass is 35.5. The van der Waals surface area contributed by atoms with Crippen LogP contribution in [0.25, 0.3) is 0 Å². The number of ether oxygens (including phenoxy) is 1. The molecule has 1 atom stereocenters. The summed E-state index contributed by atoms with van der Waals surface area (Å²) >= 11 is 6.24. The second-order valence-corrected chi connectivity index (χ2v) is 9.50. The first-order valence-corrected chi connectivity index (χ1v) is 12.2. The van der Waals surface area contributed by atoms with Gasteiger partial charge in [0.25, 0.3) is 0 Å². The maximum Gasteiger partial charge on any atom is 0.307 e. The number of esters is 1. The largest absolute Gasteiger partial charge is 0.469 e.